The number of hydrogen-bond acceptors (Lipinski definition) is 4. The Bertz CT molecular complexity index is 727. The minimum atomic E-state index is -0.275. The molecule has 122 valence electrons. The Morgan fingerprint density at radius 2 is 2.26 bits per heavy atom. The Morgan fingerprint density at radius 3 is 3.04 bits per heavy atom. The second-order valence-corrected chi connectivity index (χ2v) is 6.34. The van der Waals surface area contributed by atoms with Gasteiger partial charge in [-0.3, -0.25) is 9.59 Å². The van der Waals surface area contributed by atoms with Crippen LogP contribution in [-0.2, 0) is 19.5 Å². The summed E-state index contributed by atoms with van der Waals surface area (Å²) in [6, 6.07) is 0. The molecule has 6 heteroatoms. The van der Waals surface area contributed by atoms with Gasteiger partial charge in [-0.15, -0.1) is 0 Å². The van der Waals surface area contributed by atoms with Crippen molar-refractivity contribution >= 4 is 11.7 Å². The number of Topliss-reactive ketones (excluding diaryl/α,β-unsaturated/α-hetero) is 1. The van der Waals surface area contributed by atoms with E-state index in [2.05, 4.69) is 24.1 Å². The largest absolute Gasteiger partial charge is 0.468 e. The molecule has 1 aliphatic rings. The van der Waals surface area contributed by atoms with Crippen LogP contribution in [0.15, 0.2) is 23.2 Å². The number of fused-ring (bicyclic) bond motifs is 1. The van der Waals surface area contributed by atoms with Gasteiger partial charge in [0.1, 0.15) is 12.0 Å². The fraction of sp³-hybridized carbons (Fsp3) is 0.471. The number of aryl methyl sites for hydroxylation is 1. The maximum atomic E-state index is 12.4. The number of hydrogen-bond donors (Lipinski definition) is 1. The molecule has 0 saturated carbocycles. The summed E-state index contributed by atoms with van der Waals surface area (Å²) in [7, 11) is 0. The standard InChI is InChI=1S/C17H21N3O3/c1-11(2)8-20-10-18-6-12(20)7-19-17(22)13-9-23-15-5-3-4-14(21)16(13)15/h6,9-11H,3-5,7-8H2,1-2H3,(H,19,22). The molecule has 0 spiro atoms. The van der Waals surface area contributed by atoms with E-state index in [1.807, 2.05) is 4.57 Å². The van der Waals surface area contributed by atoms with Crippen LogP contribution in [0.2, 0.25) is 0 Å². The molecule has 23 heavy (non-hydrogen) atoms. The highest BCUT2D eigenvalue weighted by Gasteiger charge is 2.27. The number of ketones is 1. The number of amides is 1. The van der Waals surface area contributed by atoms with E-state index < -0.39 is 0 Å². The van der Waals surface area contributed by atoms with Gasteiger partial charge in [-0.1, -0.05) is 13.8 Å². The summed E-state index contributed by atoms with van der Waals surface area (Å²) in [6.07, 6.45) is 6.90. The summed E-state index contributed by atoms with van der Waals surface area (Å²) < 4.78 is 7.42. The first-order valence-electron chi connectivity index (χ1n) is 7.97. The lowest BCUT2D eigenvalue weighted by Gasteiger charge is -2.12. The highest BCUT2D eigenvalue weighted by atomic mass is 16.3. The van der Waals surface area contributed by atoms with Crippen LogP contribution in [0.25, 0.3) is 0 Å². The van der Waals surface area contributed by atoms with Gasteiger partial charge >= 0.3 is 0 Å². The lowest BCUT2D eigenvalue weighted by molar-refractivity contribution is 0.0925. The Balaban J connectivity index is 1.70. The van der Waals surface area contributed by atoms with Crippen molar-refractivity contribution in [2.24, 2.45) is 5.92 Å². The van der Waals surface area contributed by atoms with Gasteiger partial charge < -0.3 is 14.3 Å². The quantitative estimate of drug-likeness (QED) is 0.920. The van der Waals surface area contributed by atoms with E-state index in [1.54, 1.807) is 12.5 Å². The molecule has 0 atom stereocenters. The molecule has 1 amide bonds. The van der Waals surface area contributed by atoms with E-state index >= 15 is 0 Å². The third kappa shape index (κ3) is 3.21. The predicted octanol–water partition coefficient (Wildman–Crippen LogP) is 2.58. The summed E-state index contributed by atoms with van der Waals surface area (Å²) >= 11 is 0. The van der Waals surface area contributed by atoms with Crippen molar-refractivity contribution in [3.8, 4) is 0 Å². The molecule has 2 aromatic heterocycles. The Morgan fingerprint density at radius 1 is 1.43 bits per heavy atom. The van der Waals surface area contributed by atoms with Gasteiger partial charge in [0.2, 0.25) is 0 Å². The van der Waals surface area contributed by atoms with Gasteiger partial charge in [0, 0.05) is 25.6 Å². The van der Waals surface area contributed by atoms with E-state index in [9.17, 15) is 9.59 Å². The normalized spacial score (nSPS) is 14.1. The zero-order chi connectivity index (χ0) is 16.4. The van der Waals surface area contributed by atoms with Crippen molar-refractivity contribution in [1.29, 1.82) is 0 Å². The van der Waals surface area contributed by atoms with Crippen LogP contribution in [-0.4, -0.2) is 21.2 Å². The molecule has 0 saturated heterocycles. The van der Waals surface area contributed by atoms with Crippen molar-refractivity contribution < 1.29 is 14.0 Å². The van der Waals surface area contributed by atoms with E-state index in [-0.39, 0.29) is 11.7 Å². The molecule has 1 N–H and O–H groups in total. The molecule has 0 radical (unpaired) electrons. The summed E-state index contributed by atoms with van der Waals surface area (Å²) in [5.74, 6) is 0.853. The van der Waals surface area contributed by atoms with Gasteiger partial charge in [-0.25, -0.2) is 4.98 Å². The van der Waals surface area contributed by atoms with Crippen LogP contribution in [0.3, 0.4) is 0 Å². The van der Waals surface area contributed by atoms with E-state index in [1.165, 1.54) is 6.26 Å². The monoisotopic (exact) mass is 315 g/mol. The average molecular weight is 315 g/mol. The lowest BCUT2D eigenvalue weighted by atomic mass is 9.94. The minimum Gasteiger partial charge on any atom is -0.468 e. The van der Waals surface area contributed by atoms with Crippen LogP contribution in [0.4, 0.5) is 0 Å². The summed E-state index contributed by atoms with van der Waals surface area (Å²) in [4.78, 5) is 28.6. The molecule has 0 aliphatic heterocycles. The van der Waals surface area contributed by atoms with Crippen molar-refractivity contribution in [2.75, 3.05) is 0 Å². The zero-order valence-corrected chi connectivity index (χ0v) is 13.5. The molecular weight excluding hydrogens is 294 g/mol. The van der Waals surface area contributed by atoms with Crippen LogP contribution in [0.5, 0.6) is 0 Å². The maximum absolute atomic E-state index is 12.4. The third-order valence-corrected chi connectivity index (χ3v) is 3.99. The van der Waals surface area contributed by atoms with Crippen LogP contribution < -0.4 is 5.32 Å². The number of aromatic nitrogens is 2. The van der Waals surface area contributed by atoms with E-state index in [0.717, 1.165) is 25.1 Å². The molecule has 0 aromatic carbocycles. The maximum Gasteiger partial charge on any atom is 0.255 e. The molecule has 0 unspecified atom stereocenters. The van der Waals surface area contributed by atoms with Gasteiger partial charge in [-0.05, 0) is 12.3 Å². The van der Waals surface area contributed by atoms with Crippen LogP contribution >= 0.6 is 0 Å². The molecule has 0 fully saturated rings. The second-order valence-electron chi connectivity index (χ2n) is 6.34. The molecular formula is C17H21N3O3. The molecule has 2 heterocycles. The topological polar surface area (TPSA) is 77.1 Å². The predicted molar refractivity (Wildman–Crippen MR) is 84.2 cm³/mol. The molecule has 2 aromatic rings. The zero-order valence-electron chi connectivity index (χ0n) is 13.5. The molecule has 0 bridgehead atoms. The van der Waals surface area contributed by atoms with E-state index in [4.69, 9.17) is 4.42 Å². The van der Waals surface area contributed by atoms with Crippen molar-refractivity contribution in [3.05, 3.63) is 41.4 Å². The second kappa shape index (κ2) is 6.40. The van der Waals surface area contributed by atoms with Gasteiger partial charge in [0.05, 0.1) is 29.7 Å². The molecule has 6 nitrogen and oxygen atoms in total. The SMILES string of the molecule is CC(C)Cn1cncc1CNC(=O)c1coc2c1C(=O)CCC2. The summed E-state index contributed by atoms with van der Waals surface area (Å²) in [5, 5.41) is 2.86. The lowest BCUT2D eigenvalue weighted by Crippen LogP contribution is -2.26. The number of rotatable bonds is 5. The Kier molecular flexibility index (Phi) is 4.32. The van der Waals surface area contributed by atoms with Gasteiger partial charge in [0.15, 0.2) is 5.78 Å². The van der Waals surface area contributed by atoms with Crippen LogP contribution in [0, 0.1) is 5.92 Å². The Hall–Kier alpha value is -2.37. The number of furan rings is 1. The first-order valence-corrected chi connectivity index (χ1v) is 7.97. The van der Waals surface area contributed by atoms with Crippen LogP contribution in [0.1, 0.15) is 58.9 Å². The Labute approximate surface area is 134 Å². The highest BCUT2D eigenvalue weighted by molar-refractivity contribution is 6.09. The molecule has 3 rings (SSSR count). The minimum absolute atomic E-state index is 0.00463. The number of nitrogens with zero attached hydrogens (tertiary/aromatic N) is 2. The summed E-state index contributed by atoms with van der Waals surface area (Å²) in [6.45, 7) is 5.49. The first-order chi connectivity index (χ1) is 11.1. The highest BCUT2D eigenvalue weighted by Crippen LogP contribution is 2.26. The fourth-order valence-electron chi connectivity index (χ4n) is 2.91. The van der Waals surface area contributed by atoms with Gasteiger partial charge in [-0.2, -0.15) is 0 Å². The van der Waals surface area contributed by atoms with E-state index in [0.29, 0.717) is 35.8 Å². The number of nitrogens with one attached hydrogen (secondary N) is 1. The summed E-state index contributed by atoms with van der Waals surface area (Å²) in [5.41, 5.74) is 1.75. The van der Waals surface area contributed by atoms with Crippen molar-refractivity contribution in [1.82, 2.24) is 14.9 Å². The molecule has 1 aliphatic carbocycles. The van der Waals surface area contributed by atoms with Gasteiger partial charge in [0.25, 0.3) is 5.91 Å². The van der Waals surface area contributed by atoms with Crippen molar-refractivity contribution in [3.63, 3.8) is 0 Å². The smallest absolute Gasteiger partial charge is 0.255 e. The first kappa shape index (κ1) is 15.5. The van der Waals surface area contributed by atoms with Crippen molar-refractivity contribution in [2.45, 2.75) is 46.2 Å². The third-order valence-electron chi connectivity index (χ3n) is 3.99. The number of carbonyl (C=O) groups is 2. The average Bonchev–Trinajstić information content (AvgIpc) is 3.12. The number of imidazole rings is 1. The fourth-order valence-corrected chi connectivity index (χ4v) is 2.91. The number of carbonyl (C=O) groups excluding carboxylic acids is 2.